The van der Waals surface area contributed by atoms with Gasteiger partial charge in [0.25, 0.3) is 0 Å². The van der Waals surface area contributed by atoms with Crippen LogP contribution in [-0.4, -0.2) is 55.3 Å². The highest BCUT2D eigenvalue weighted by Gasteiger charge is 2.38. The Hall–Kier alpha value is -3.79. The highest BCUT2D eigenvalue weighted by atomic mass is 19.1. The molecule has 1 aromatic heterocycles. The van der Waals surface area contributed by atoms with Gasteiger partial charge in [-0.1, -0.05) is 0 Å². The fourth-order valence-corrected chi connectivity index (χ4v) is 3.35. The van der Waals surface area contributed by atoms with E-state index < -0.39 is 18.1 Å². The maximum atomic E-state index is 13.0. The van der Waals surface area contributed by atoms with Crippen LogP contribution in [0.25, 0.3) is 0 Å². The summed E-state index contributed by atoms with van der Waals surface area (Å²) in [6, 6.07) is 11.5. The van der Waals surface area contributed by atoms with Gasteiger partial charge < -0.3 is 20.1 Å². The van der Waals surface area contributed by atoms with E-state index in [4.69, 9.17) is 4.74 Å². The van der Waals surface area contributed by atoms with Crippen molar-refractivity contribution in [3.05, 3.63) is 67.0 Å². The van der Waals surface area contributed by atoms with Crippen molar-refractivity contribution in [3.8, 4) is 11.5 Å². The molecule has 2 aromatic carbocycles. The van der Waals surface area contributed by atoms with Crippen molar-refractivity contribution < 1.29 is 23.8 Å². The number of hydrogen-bond donors (Lipinski definition) is 2. The van der Waals surface area contributed by atoms with E-state index in [0.29, 0.717) is 17.2 Å². The summed E-state index contributed by atoms with van der Waals surface area (Å²) in [5, 5.41) is 16.7. The zero-order valence-electron chi connectivity index (χ0n) is 16.4. The second kappa shape index (κ2) is 8.92. The molecule has 0 radical (unpaired) electrons. The number of carbonyl (C=O) groups is 2. The van der Waals surface area contributed by atoms with E-state index in [-0.39, 0.29) is 31.2 Å². The van der Waals surface area contributed by atoms with E-state index in [2.05, 4.69) is 15.4 Å². The van der Waals surface area contributed by atoms with Crippen molar-refractivity contribution >= 4 is 17.5 Å². The Bertz CT molecular complexity index is 1040. The summed E-state index contributed by atoms with van der Waals surface area (Å²) in [7, 11) is 0. The van der Waals surface area contributed by atoms with Crippen LogP contribution in [0.3, 0.4) is 0 Å². The van der Waals surface area contributed by atoms with Gasteiger partial charge in [-0.25, -0.2) is 14.1 Å². The van der Waals surface area contributed by atoms with Crippen LogP contribution in [-0.2, 0) is 16.1 Å². The number of β-amino-alcohol motifs (C(OH)–C–C–N with tert-alkyl or cyclic N) is 1. The smallest absolute Gasteiger partial charge is 0.247 e. The molecule has 1 saturated heterocycles. The van der Waals surface area contributed by atoms with Gasteiger partial charge in [-0.3, -0.25) is 9.59 Å². The molecule has 1 fully saturated rings. The molecule has 10 heteroatoms. The highest BCUT2D eigenvalue weighted by Crippen LogP contribution is 2.24. The Morgan fingerprint density at radius 1 is 1.13 bits per heavy atom. The van der Waals surface area contributed by atoms with Gasteiger partial charge in [-0.05, 0) is 48.5 Å². The number of aliphatic hydroxyl groups is 1. The Labute approximate surface area is 177 Å². The Kier molecular flexibility index (Phi) is 5.89. The number of likely N-dealkylation sites (tertiary alicyclic amines) is 1. The third kappa shape index (κ3) is 5.04. The van der Waals surface area contributed by atoms with Gasteiger partial charge >= 0.3 is 0 Å². The van der Waals surface area contributed by atoms with Crippen LogP contribution in [0.2, 0.25) is 0 Å². The third-order valence-electron chi connectivity index (χ3n) is 4.84. The third-order valence-corrected chi connectivity index (χ3v) is 4.84. The average Bonchev–Trinajstić information content (AvgIpc) is 3.40. The van der Waals surface area contributed by atoms with E-state index in [9.17, 15) is 19.1 Å². The van der Waals surface area contributed by atoms with E-state index >= 15 is 0 Å². The molecule has 1 aliphatic heterocycles. The van der Waals surface area contributed by atoms with Gasteiger partial charge in [0, 0.05) is 18.7 Å². The summed E-state index contributed by atoms with van der Waals surface area (Å²) in [6.45, 7) is 0.0159. The van der Waals surface area contributed by atoms with Crippen LogP contribution in [0.5, 0.6) is 11.5 Å². The SMILES string of the molecule is O=C(Nc1ccc(Oc2ccc(F)cc2)cc1)[C@@H]1C[C@@H](O)CN1C(=O)Cn1cncn1. The number of hydrogen-bond acceptors (Lipinski definition) is 6. The first kappa shape index (κ1) is 20.5. The first-order valence-electron chi connectivity index (χ1n) is 9.62. The number of halogens is 1. The molecule has 3 aromatic rings. The summed E-state index contributed by atoms with van der Waals surface area (Å²) in [4.78, 5) is 30.5. The van der Waals surface area contributed by atoms with E-state index in [1.165, 1.54) is 46.5 Å². The number of ether oxygens (including phenoxy) is 1. The van der Waals surface area contributed by atoms with Gasteiger partial charge in [0.2, 0.25) is 11.8 Å². The number of benzene rings is 2. The van der Waals surface area contributed by atoms with Crippen LogP contribution in [0.4, 0.5) is 10.1 Å². The summed E-state index contributed by atoms with van der Waals surface area (Å²) >= 11 is 0. The van der Waals surface area contributed by atoms with E-state index in [1.807, 2.05) is 0 Å². The minimum absolute atomic E-state index is 0.0636. The molecule has 0 spiro atoms. The molecule has 160 valence electrons. The minimum Gasteiger partial charge on any atom is -0.457 e. The number of carbonyl (C=O) groups excluding carboxylic acids is 2. The van der Waals surface area contributed by atoms with Gasteiger partial charge in [0.15, 0.2) is 0 Å². The van der Waals surface area contributed by atoms with Crippen LogP contribution < -0.4 is 10.1 Å². The number of nitrogens with zero attached hydrogens (tertiary/aromatic N) is 4. The lowest BCUT2D eigenvalue weighted by Crippen LogP contribution is -2.44. The van der Waals surface area contributed by atoms with Crippen molar-refractivity contribution in [3.63, 3.8) is 0 Å². The van der Waals surface area contributed by atoms with Crippen LogP contribution in [0, 0.1) is 5.82 Å². The first-order chi connectivity index (χ1) is 15.0. The number of anilines is 1. The zero-order chi connectivity index (χ0) is 21.8. The lowest BCUT2D eigenvalue weighted by Gasteiger charge is -2.23. The van der Waals surface area contributed by atoms with Crippen LogP contribution in [0.1, 0.15) is 6.42 Å². The van der Waals surface area contributed by atoms with Gasteiger partial charge in [-0.15, -0.1) is 0 Å². The quantitative estimate of drug-likeness (QED) is 0.623. The average molecular weight is 425 g/mol. The normalized spacial score (nSPS) is 18.1. The molecule has 2 N–H and O–H groups in total. The fraction of sp³-hybridized carbons (Fsp3) is 0.238. The number of amides is 2. The predicted molar refractivity (Wildman–Crippen MR) is 108 cm³/mol. The molecule has 0 bridgehead atoms. The molecular formula is C21H20FN5O4. The molecule has 2 amide bonds. The number of rotatable bonds is 6. The van der Waals surface area contributed by atoms with Gasteiger partial charge in [0.1, 0.15) is 42.6 Å². The minimum atomic E-state index is -0.791. The molecule has 2 atom stereocenters. The topological polar surface area (TPSA) is 110 Å². The van der Waals surface area contributed by atoms with Crippen molar-refractivity contribution in [2.75, 3.05) is 11.9 Å². The molecule has 0 saturated carbocycles. The molecule has 9 nitrogen and oxygen atoms in total. The summed E-state index contributed by atoms with van der Waals surface area (Å²) < 4.78 is 20.0. The predicted octanol–water partition coefficient (Wildman–Crippen LogP) is 1.81. The van der Waals surface area contributed by atoms with Crippen LogP contribution >= 0.6 is 0 Å². The van der Waals surface area contributed by atoms with E-state index in [0.717, 1.165) is 0 Å². The Morgan fingerprint density at radius 2 is 1.81 bits per heavy atom. The summed E-state index contributed by atoms with van der Waals surface area (Å²) in [5.74, 6) is -0.0672. The van der Waals surface area contributed by atoms with Crippen molar-refractivity contribution in [2.24, 2.45) is 0 Å². The molecular weight excluding hydrogens is 405 g/mol. The molecule has 1 aliphatic rings. The van der Waals surface area contributed by atoms with Gasteiger partial charge in [-0.2, -0.15) is 5.10 Å². The van der Waals surface area contributed by atoms with E-state index in [1.54, 1.807) is 24.3 Å². The number of aliphatic hydroxyl groups excluding tert-OH is 1. The molecule has 31 heavy (non-hydrogen) atoms. The second-order valence-corrected chi connectivity index (χ2v) is 7.11. The summed E-state index contributed by atoms with van der Waals surface area (Å²) in [5.41, 5.74) is 0.515. The maximum Gasteiger partial charge on any atom is 0.247 e. The largest absolute Gasteiger partial charge is 0.457 e. The molecule has 0 unspecified atom stereocenters. The standard InChI is InChI=1S/C21H20FN5O4/c22-14-1-5-17(6-2-14)31-18-7-3-15(4-8-18)25-21(30)19-9-16(28)10-27(19)20(29)11-26-13-23-12-24-26/h1-8,12-13,16,19,28H,9-11H2,(H,25,30)/t16-,19+/m1/s1. The van der Waals surface area contributed by atoms with Crippen molar-refractivity contribution in [1.29, 1.82) is 0 Å². The monoisotopic (exact) mass is 425 g/mol. The number of aromatic nitrogens is 3. The highest BCUT2D eigenvalue weighted by molar-refractivity contribution is 5.97. The second-order valence-electron chi connectivity index (χ2n) is 7.11. The van der Waals surface area contributed by atoms with Crippen molar-refractivity contribution in [1.82, 2.24) is 19.7 Å². The first-order valence-corrected chi connectivity index (χ1v) is 9.62. The molecule has 2 heterocycles. The molecule has 0 aliphatic carbocycles. The van der Waals surface area contributed by atoms with Crippen molar-refractivity contribution in [2.45, 2.75) is 25.1 Å². The van der Waals surface area contributed by atoms with Crippen LogP contribution in [0.15, 0.2) is 61.2 Å². The summed E-state index contributed by atoms with van der Waals surface area (Å²) in [6.07, 6.45) is 2.11. The Balaban J connectivity index is 1.38. The molecule has 4 rings (SSSR count). The fourth-order valence-electron chi connectivity index (χ4n) is 3.35. The van der Waals surface area contributed by atoms with Gasteiger partial charge in [0.05, 0.1) is 6.10 Å². The lowest BCUT2D eigenvalue weighted by molar-refractivity contribution is -0.137. The lowest BCUT2D eigenvalue weighted by atomic mass is 10.1. The maximum absolute atomic E-state index is 13.0. The number of nitrogens with one attached hydrogen (secondary N) is 1. The Morgan fingerprint density at radius 3 is 2.45 bits per heavy atom. The zero-order valence-corrected chi connectivity index (χ0v) is 16.4.